The molecule has 0 radical (unpaired) electrons. The lowest BCUT2D eigenvalue weighted by Crippen LogP contribution is -2.20. The van der Waals surface area contributed by atoms with Crippen molar-refractivity contribution in [3.05, 3.63) is 0 Å². The molecule has 0 aromatic rings. The van der Waals surface area contributed by atoms with E-state index in [1.54, 1.807) is 0 Å². The van der Waals surface area contributed by atoms with Crippen molar-refractivity contribution < 1.29 is 9.84 Å². The second kappa shape index (κ2) is 6.39. The van der Waals surface area contributed by atoms with Gasteiger partial charge in [0.1, 0.15) is 0 Å². The molecule has 0 spiro atoms. The lowest BCUT2D eigenvalue weighted by Gasteiger charge is -2.26. The summed E-state index contributed by atoms with van der Waals surface area (Å²) in [4.78, 5) is 0. The van der Waals surface area contributed by atoms with E-state index in [4.69, 9.17) is 9.84 Å². The fourth-order valence-corrected chi connectivity index (χ4v) is 1.98. The second-order valence-electron chi connectivity index (χ2n) is 4.14. The summed E-state index contributed by atoms with van der Waals surface area (Å²) in [6.45, 7) is 4.36. The zero-order valence-corrected chi connectivity index (χ0v) is 8.67. The van der Waals surface area contributed by atoms with Gasteiger partial charge in [0, 0.05) is 19.8 Å². The van der Waals surface area contributed by atoms with Crippen LogP contribution >= 0.6 is 0 Å². The molecule has 0 amide bonds. The molecule has 0 saturated heterocycles. The van der Waals surface area contributed by atoms with Gasteiger partial charge in [-0.1, -0.05) is 6.92 Å². The third-order valence-electron chi connectivity index (χ3n) is 2.93. The smallest absolute Gasteiger partial charge is 0.0494 e. The summed E-state index contributed by atoms with van der Waals surface area (Å²) in [6, 6.07) is 0. The minimum atomic E-state index is 0.378. The summed E-state index contributed by atoms with van der Waals surface area (Å²) in [6.07, 6.45) is 5.99. The third-order valence-corrected chi connectivity index (χ3v) is 2.93. The average molecular weight is 186 g/mol. The molecule has 0 aliphatic heterocycles. The molecule has 0 heterocycles. The van der Waals surface area contributed by atoms with Gasteiger partial charge in [-0.3, -0.25) is 0 Å². The molecular weight excluding hydrogens is 164 g/mol. The predicted octanol–water partition coefficient (Wildman–Crippen LogP) is 2.21. The maximum absolute atomic E-state index is 8.96. The van der Waals surface area contributed by atoms with Crippen molar-refractivity contribution in [2.75, 3.05) is 19.8 Å². The summed E-state index contributed by atoms with van der Waals surface area (Å²) < 4.78 is 5.53. The molecule has 0 atom stereocenters. The van der Waals surface area contributed by atoms with E-state index in [0.29, 0.717) is 12.5 Å². The Balaban J connectivity index is 2.03. The number of ether oxygens (including phenoxy) is 1. The Bertz CT molecular complexity index is 115. The van der Waals surface area contributed by atoms with Crippen LogP contribution < -0.4 is 0 Å². The van der Waals surface area contributed by atoms with E-state index in [-0.39, 0.29) is 0 Å². The highest BCUT2D eigenvalue weighted by molar-refractivity contribution is 4.71. The van der Waals surface area contributed by atoms with Crippen molar-refractivity contribution in [3.63, 3.8) is 0 Å². The van der Waals surface area contributed by atoms with Gasteiger partial charge in [-0.15, -0.1) is 0 Å². The Morgan fingerprint density at radius 1 is 1.15 bits per heavy atom. The molecule has 2 nitrogen and oxygen atoms in total. The molecule has 0 bridgehead atoms. The molecule has 2 heteroatoms. The standard InChI is InChI=1S/C11H22O2/c1-2-7-13-9-11-5-3-10(8-12)4-6-11/h10-12H,2-9H2,1H3. The normalized spacial score (nSPS) is 29.1. The van der Waals surface area contributed by atoms with E-state index in [1.807, 2.05) is 0 Å². The molecule has 0 aromatic carbocycles. The van der Waals surface area contributed by atoms with Crippen LogP contribution in [0.25, 0.3) is 0 Å². The van der Waals surface area contributed by atoms with Crippen LogP contribution in [0.2, 0.25) is 0 Å². The molecule has 1 N–H and O–H groups in total. The summed E-state index contributed by atoms with van der Waals surface area (Å²) in [5, 5.41) is 8.96. The molecular formula is C11H22O2. The van der Waals surface area contributed by atoms with Crippen molar-refractivity contribution in [1.82, 2.24) is 0 Å². The first-order chi connectivity index (χ1) is 6.36. The third kappa shape index (κ3) is 4.10. The first-order valence-electron chi connectivity index (χ1n) is 5.55. The first kappa shape index (κ1) is 11.0. The molecule has 0 unspecified atom stereocenters. The van der Waals surface area contributed by atoms with Crippen LogP contribution in [-0.2, 0) is 4.74 Å². The van der Waals surface area contributed by atoms with Crippen molar-refractivity contribution in [2.24, 2.45) is 11.8 Å². The van der Waals surface area contributed by atoms with Crippen LogP contribution in [-0.4, -0.2) is 24.9 Å². The first-order valence-corrected chi connectivity index (χ1v) is 5.55. The van der Waals surface area contributed by atoms with Crippen LogP contribution in [0.4, 0.5) is 0 Å². The number of hydrogen-bond donors (Lipinski definition) is 1. The van der Waals surface area contributed by atoms with Gasteiger partial charge in [0.2, 0.25) is 0 Å². The van der Waals surface area contributed by atoms with E-state index in [1.165, 1.54) is 25.7 Å². The van der Waals surface area contributed by atoms with Crippen LogP contribution in [0.1, 0.15) is 39.0 Å². The fraction of sp³-hybridized carbons (Fsp3) is 1.00. The van der Waals surface area contributed by atoms with E-state index in [9.17, 15) is 0 Å². The highest BCUT2D eigenvalue weighted by Crippen LogP contribution is 2.28. The number of rotatable bonds is 5. The average Bonchev–Trinajstić information content (AvgIpc) is 2.19. The lowest BCUT2D eigenvalue weighted by atomic mass is 9.83. The molecule has 1 rings (SSSR count). The lowest BCUT2D eigenvalue weighted by molar-refractivity contribution is 0.0700. The maximum Gasteiger partial charge on any atom is 0.0494 e. The Kier molecular flexibility index (Phi) is 5.40. The zero-order valence-electron chi connectivity index (χ0n) is 8.67. The van der Waals surface area contributed by atoms with Gasteiger partial charge in [0.25, 0.3) is 0 Å². The Morgan fingerprint density at radius 2 is 1.77 bits per heavy atom. The van der Waals surface area contributed by atoms with Crippen molar-refractivity contribution >= 4 is 0 Å². The second-order valence-corrected chi connectivity index (χ2v) is 4.14. The molecule has 78 valence electrons. The van der Waals surface area contributed by atoms with Crippen molar-refractivity contribution in [2.45, 2.75) is 39.0 Å². The quantitative estimate of drug-likeness (QED) is 0.667. The van der Waals surface area contributed by atoms with Gasteiger partial charge in [0.15, 0.2) is 0 Å². The summed E-state index contributed by atoms with van der Waals surface area (Å²) in [5.41, 5.74) is 0. The highest BCUT2D eigenvalue weighted by atomic mass is 16.5. The highest BCUT2D eigenvalue weighted by Gasteiger charge is 2.20. The van der Waals surface area contributed by atoms with E-state index in [0.717, 1.165) is 25.6 Å². The number of hydrogen-bond acceptors (Lipinski definition) is 2. The van der Waals surface area contributed by atoms with Crippen LogP contribution in [0, 0.1) is 11.8 Å². The predicted molar refractivity (Wildman–Crippen MR) is 53.6 cm³/mol. The largest absolute Gasteiger partial charge is 0.396 e. The Hall–Kier alpha value is -0.0800. The van der Waals surface area contributed by atoms with Crippen LogP contribution in [0.5, 0.6) is 0 Å². The van der Waals surface area contributed by atoms with E-state index in [2.05, 4.69) is 6.92 Å². The minimum Gasteiger partial charge on any atom is -0.396 e. The molecule has 1 aliphatic rings. The van der Waals surface area contributed by atoms with Crippen LogP contribution in [0.15, 0.2) is 0 Å². The molecule has 0 aromatic heterocycles. The van der Waals surface area contributed by atoms with E-state index < -0.39 is 0 Å². The molecule has 13 heavy (non-hydrogen) atoms. The summed E-state index contributed by atoms with van der Waals surface area (Å²) in [5.74, 6) is 1.33. The maximum atomic E-state index is 8.96. The minimum absolute atomic E-state index is 0.378. The van der Waals surface area contributed by atoms with Crippen molar-refractivity contribution in [3.8, 4) is 0 Å². The topological polar surface area (TPSA) is 29.5 Å². The molecule has 1 saturated carbocycles. The van der Waals surface area contributed by atoms with Gasteiger partial charge in [-0.05, 0) is 43.9 Å². The van der Waals surface area contributed by atoms with Gasteiger partial charge < -0.3 is 9.84 Å². The van der Waals surface area contributed by atoms with Crippen molar-refractivity contribution in [1.29, 1.82) is 0 Å². The van der Waals surface area contributed by atoms with E-state index >= 15 is 0 Å². The Morgan fingerprint density at radius 3 is 2.31 bits per heavy atom. The van der Waals surface area contributed by atoms with Gasteiger partial charge in [-0.25, -0.2) is 0 Å². The molecule has 1 fully saturated rings. The summed E-state index contributed by atoms with van der Waals surface area (Å²) in [7, 11) is 0. The SMILES string of the molecule is CCCOCC1CCC(CO)CC1. The van der Waals surface area contributed by atoms with Crippen LogP contribution in [0.3, 0.4) is 0 Å². The summed E-state index contributed by atoms with van der Waals surface area (Å²) >= 11 is 0. The monoisotopic (exact) mass is 186 g/mol. The number of aliphatic hydroxyl groups excluding tert-OH is 1. The van der Waals surface area contributed by atoms with Gasteiger partial charge in [0.05, 0.1) is 0 Å². The van der Waals surface area contributed by atoms with Gasteiger partial charge >= 0.3 is 0 Å². The van der Waals surface area contributed by atoms with Gasteiger partial charge in [-0.2, -0.15) is 0 Å². The molecule has 1 aliphatic carbocycles. The Labute approximate surface area is 81.3 Å². The number of aliphatic hydroxyl groups is 1. The fourth-order valence-electron chi connectivity index (χ4n) is 1.98. The zero-order chi connectivity index (χ0) is 9.52.